The molecule has 0 spiro atoms. The first-order valence-electron chi connectivity index (χ1n) is 6.95. The van der Waals surface area contributed by atoms with E-state index < -0.39 is 0 Å². The van der Waals surface area contributed by atoms with Crippen molar-refractivity contribution in [1.82, 2.24) is 15.5 Å². The van der Waals surface area contributed by atoms with Crippen LogP contribution in [0.5, 0.6) is 5.19 Å². The van der Waals surface area contributed by atoms with Crippen molar-refractivity contribution in [1.29, 1.82) is 0 Å². The molecule has 6 nitrogen and oxygen atoms in total. The first-order chi connectivity index (χ1) is 9.72. The van der Waals surface area contributed by atoms with Gasteiger partial charge in [0.25, 0.3) is 5.19 Å². The average molecular weight is 303 g/mol. The number of nitrogens with one attached hydrogen (secondary N) is 1. The van der Waals surface area contributed by atoms with E-state index in [9.17, 15) is 0 Å². The van der Waals surface area contributed by atoms with Gasteiger partial charge in [0.15, 0.2) is 0 Å². The van der Waals surface area contributed by atoms with E-state index in [4.69, 9.17) is 14.2 Å². The van der Waals surface area contributed by atoms with Crippen molar-refractivity contribution in [2.24, 2.45) is 5.92 Å². The van der Waals surface area contributed by atoms with Crippen LogP contribution in [-0.2, 0) is 16.0 Å². The quantitative estimate of drug-likeness (QED) is 0.593. The lowest BCUT2D eigenvalue weighted by Gasteiger charge is -2.04. The Hall–Kier alpha value is -0.760. The molecule has 7 heteroatoms. The van der Waals surface area contributed by atoms with Crippen LogP contribution in [0.15, 0.2) is 0 Å². The van der Waals surface area contributed by atoms with E-state index in [0.29, 0.717) is 30.9 Å². The van der Waals surface area contributed by atoms with Crippen LogP contribution in [0, 0.1) is 5.92 Å². The Bertz CT molecular complexity index is 347. The lowest BCUT2D eigenvalue weighted by molar-refractivity contribution is 0.0804. The summed E-state index contributed by atoms with van der Waals surface area (Å²) in [5.74, 6) is 0.633. The van der Waals surface area contributed by atoms with Crippen LogP contribution in [0.3, 0.4) is 0 Å². The monoisotopic (exact) mass is 303 g/mol. The van der Waals surface area contributed by atoms with Crippen LogP contribution in [0.1, 0.15) is 25.3 Å². The smallest absolute Gasteiger partial charge is 0.294 e. The van der Waals surface area contributed by atoms with Gasteiger partial charge >= 0.3 is 0 Å². The molecule has 0 amide bonds. The minimum Gasteiger partial charge on any atom is -0.466 e. The van der Waals surface area contributed by atoms with Crippen molar-refractivity contribution >= 4 is 11.3 Å². The van der Waals surface area contributed by atoms with Gasteiger partial charge in [-0.15, -0.1) is 10.2 Å². The fourth-order valence-electron chi connectivity index (χ4n) is 1.43. The maximum absolute atomic E-state index is 5.48. The van der Waals surface area contributed by atoms with E-state index >= 15 is 0 Å². The predicted molar refractivity (Wildman–Crippen MR) is 79.3 cm³/mol. The molecule has 0 aliphatic rings. The number of ether oxygens (including phenoxy) is 3. The van der Waals surface area contributed by atoms with Crippen molar-refractivity contribution < 1.29 is 14.2 Å². The van der Waals surface area contributed by atoms with Gasteiger partial charge in [0.05, 0.1) is 6.61 Å². The normalized spacial score (nSPS) is 11.2. The van der Waals surface area contributed by atoms with Crippen LogP contribution in [0.25, 0.3) is 0 Å². The zero-order valence-electron chi connectivity index (χ0n) is 12.6. The highest BCUT2D eigenvalue weighted by Crippen LogP contribution is 2.17. The van der Waals surface area contributed by atoms with Gasteiger partial charge in [-0.1, -0.05) is 25.2 Å². The molecule has 116 valence electrons. The molecule has 0 bridgehead atoms. The molecule has 0 atom stereocenters. The molecule has 20 heavy (non-hydrogen) atoms. The van der Waals surface area contributed by atoms with E-state index in [2.05, 4.69) is 29.4 Å². The SMILES string of the molecule is COCCCOCCOc1nnc(CNCC(C)C)s1. The highest BCUT2D eigenvalue weighted by Gasteiger charge is 2.05. The van der Waals surface area contributed by atoms with Crippen LogP contribution < -0.4 is 10.1 Å². The third-order valence-electron chi connectivity index (χ3n) is 2.37. The number of hydrogen-bond acceptors (Lipinski definition) is 7. The Kier molecular flexibility index (Phi) is 9.48. The Morgan fingerprint density at radius 1 is 1.15 bits per heavy atom. The summed E-state index contributed by atoms with van der Waals surface area (Å²) in [5.41, 5.74) is 0. The third-order valence-corrected chi connectivity index (χ3v) is 3.20. The van der Waals surface area contributed by atoms with Crippen molar-refractivity contribution in [2.45, 2.75) is 26.8 Å². The molecule has 1 heterocycles. The molecule has 0 saturated heterocycles. The zero-order chi connectivity index (χ0) is 14.6. The van der Waals surface area contributed by atoms with Gasteiger partial charge in [0.1, 0.15) is 11.6 Å². The van der Waals surface area contributed by atoms with Crippen molar-refractivity contribution in [2.75, 3.05) is 40.1 Å². The van der Waals surface area contributed by atoms with Gasteiger partial charge in [0.2, 0.25) is 0 Å². The molecule has 0 aromatic carbocycles. The minimum atomic E-state index is 0.501. The molecular formula is C13H25N3O3S. The zero-order valence-corrected chi connectivity index (χ0v) is 13.4. The lowest BCUT2D eigenvalue weighted by Crippen LogP contribution is -2.18. The standard InChI is InChI=1S/C13H25N3O3S/c1-11(2)9-14-10-12-15-16-13(20-12)19-8-7-18-6-4-5-17-3/h11,14H,4-10H2,1-3H3. The molecule has 0 aliphatic heterocycles. The molecule has 1 N–H and O–H groups in total. The van der Waals surface area contributed by atoms with E-state index in [1.807, 2.05) is 0 Å². The topological polar surface area (TPSA) is 65.5 Å². The molecule has 0 aliphatic carbocycles. The second kappa shape index (κ2) is 11.0. The summed E-state index contributed by atoms with van der Waals surface area (Å²) >= 11 is 1.47. The van der Waals surface area contributed by atoms with Crippen LogP contribution in [0.2, 0.25) is 0 Å². The summed E-state index contributed by atoms with van der Waals surface area (Å²) in [5, 5.41) is 12.9. The van der Waals surface area contributed by atoms with E-state index in [0.717, 1.165) is 31.1 Å². The summed E-state index contributed by atoms with van der Waals surface area (Å²) in [6.07, 6.45) is 0.904. The van der Waals surface area contributed by atoms with Gasteiger partial charge in [-0.3, -0.25) is 0 Å². The fourth-order valence-corrected chi connectivity index (χ4v) is 2.11. The lowest BCUT2D eigenvalue weighted by atomic mass is 10.2. The van der Waals surface area contributed by atoms with Crippen LogP contribution >= 0.6 is 11.3 Å². The molecule has 1 aromatic rings. The molecule has 1 aromatic heterocycles. The van der Waals surface area contributed by atoms with E-state index in [-0.39, 0.29) is 0 Å². The van der Waals surface area contributed by atoms with Gasteiger partial charge < -0.3 is 19.5 Å². The summed E-state index contributed by atoms with van der Waals surface area (Å²) in [6.45, 7) is 8.55. The maximum Gasteiger partial charge on any atom is 0.294 e. The number of hydrogen-bond donors (Lipinski definition) is 1. The average Bonchev–Trinajstić information content (AvgIpc) is 2.85. The second-order valence-corrected chi connectivity index (χ2v) is 5.82. The fraction of sp³-hybridized carbons (Fsp3) is 0.846. The van der Waals surface area contributed by atoms with Crippen molar-refractivity contribution in [3.05, 3.63) is 5.01 Å². The molecule has 1 rings (SSSR count). The number of methoxy groups -OCH3 is 1. The summed E-state index contributed by atoms with van der Waals surface area (Å²) in [6, 6.07) is 0. The van der Waals surface area contributed by atoms with Crippen LogP contribution in [-0.4, -0.2) is 50.3 Å². The first-order valence-corrected chi connectivity index (χ1v) is 7.76. The Labute approximate surface area is 124 Å². The molecule has 0 unspecified atom stereocenters. The van der Waals surface area contributed by atoms with E-state index in [1.54, 1.807) is 7.11 Å². The number of rotatable bonds is 12. The highest BCUT2D eigenvalue weighted by atomic mass is 32.1. The van der Waals surface area contributed by atoms with Crippen molar-refractivity contribution in [3.8, 4) is 5.19 Å². The largest absolute Gasteiger partial charge is 0.466 e. The van der Waals surface area contributed by atoms with Gasteiger partial charge in [0, 0.05) is 26.9 Å². The summed E-state index contributed by atoms with van der Waals surface area (Å²) in [4.78, 5) is 0. The second-order valence-electron chi connectivity index (χ2n) is 4.79. The Morgan fingerprint density at radius 3 is 2.75 bits per heavy atom. The molecule has 0 fully saturated rings. The Morgan fingerprint density at radius 2 is 2.00 bits per heavy atom. The van der Waals surface area contributed by atoms with Gasteiger partial charge in [-0.2, -0.15) is 0 Å². The predicted octanol–water partition coefficient (Wildman–Crippen LogP) is 1.72. The highest BCUT2D eigenvalue weighted by molar-refractivity contribution is 7.13. The summed E-state index contributed by atoms with van der Waals surface area (Å²) in [7, 11) is 1.69. The summed E-state index contributed by atoms with van der Waals surface area (Å²) < 4.78 is 15.8. The van der Waals surface area contributed by atoms with Crippen molar-refractivity contribution in [3.63, 3.8) is 0 Å². The number of aromatic nitrogens is 2. The maximum atomic E-state index is 5.48. The first kappa shape index (κ1) is 17.3. The molecular weight excluding hydrogens is 278 g/mol. The van der Waals surface area contributed by atoms with Gasteiger partial charge in [-0.25, -0.2) is 0 Å². The van der Waals surface area contributed by atoms with Gasteiger partial charge in [-0.05, 0) is 18.9 Å². The molecule has 0 saturated carbocycles. The third kappa shape index (κ3) is 8.42. The van der Waals surface area contributed by atoms with E-state index in [1.165, 1.54) is 11.3 Å². The van der Waals surface area contributed by atoms with Crippen LogP contribution in [0.4, 0.5) is 0 Å². The minimum absolute atomic E-state index is 0.501. The Balaban J connectivity index is 2.05. The number of nitrogens with zero attached hydrogens (tertiary/aromatic N) is 2. The molecule has 0 radical (unpaired) electrons.